The molecule has 0 N–H and O–H groups in total. The number of thiazole rings is 1. The zero-order chi connectivity index (χ0) is 21.3. The minimum Gasteiger partial charge on any atom is -0.444 e. The number of amides is 1. The lowest BCUT2D eigenvalue weighted by atomic mass is 9.88. The van der Waals surface area contributed by atoms with Crippen molar-refractivity contribution in [3.05, 3.63) is 29.3 Å². The average Bonchev–Trinajstić information content (AvgIpc) is 3.22. The van der Waals surface area contributed by atoms with Crippen LogP contribution in [0.25, 0.3) is 21.7 Å². The van der Waals surface area contributed by atoms with Crippen LogP contribution in [-0.4, -0.2) is 51.7 Å². The SMILES string of the molecule is CC(C)(C)OC(=O)N1C2CC1CN(c1nc3c(C4CC4)ccc(-c4nccs4)c3o1)C2. The Morgan fingerprint density at radius 3 is 2.65 bits per heavy atom. The number of carbonyl (C=O) groups excluding carboxylic acids is 1. The molecule has 3 aliphatic heterocycles. The van der Waals surface area contributed by atoms with Gasteiger partial charge < -0.3 is 14.1 Å². The van der Waals surface area contributed by atoms with Gasteiger partial charge in [0.25, 0.3) is 6.01 Å². The predicted octanol–water partition coefficient (Wildman–Crippen LogP) is 5.03. The summed E-state index contributed by atoms with van der Waals surface area (Å²) in [4.78, 5) is 26.1. The zero-order valence-corrected chi connectivity index (χ0v) is 18.8. The van der Waals surface area contributed by atoms with Crippen molar-refractivity contribution in [1.29, 1.82) is 0 Å². The van der Waals surface area contributed by atoms with Gasteiger partial charge in [-0.1, -0.05) is 6.07 Å². The molecule has 2 aromatic heterocycles. The van der Waals surface area contributed by atoms with Crippen LogP contribution in [-0.2, 0) is 4.74 Å². The molecule has 31 heavy (non-hydrogen) atoms. The van der Waals surface area contributed by atoms with E-state index in [-0.39, 0.29) is 18.2 Å². The highest BCUT2D eigenvalue weighted by Crippen LogP contribution is 2.46. The molecule has 1 aliphatic carbocycles. The second-order valence-electron chi connectivity index (χ2n) is 9.82. The van der Waals surface area contributed by atoms with Crippen LogP contribution < -0.4 is 4.90 Å². The monoisotopic (exact) mass is 438 g/mol. The van der Waals surface area contributed by atoms with Crippen LogP contribution in [0.15, 0.2) is 28.1 Å². The number of nitrogens with zero attached hydrogens (tertiary/aromatic N) is 4. The lowest BCUT2D eigenvalue weighted by molar-refractivity contribution is -0.0386. The number of aromatic nitrogens is 2. The number of carbonyl (C=O) groups is 1. The van der Waals surface area contributed by atoms with Gasteiger partial charge in [0, 0.05) is 24.7 Å². The zero-order valence-electron chi connectivity index (χ0n) is 18.0. The largest absolute Gasteiger partial charge is 0.444 e. The summed E-state index contributed by atoms with van der Waals surface area (Å²) in [6, 6.07) is 5.26. The number of rotatable bonds is 3. The van der Waals surface area contributed by atoms with Crippen LogP contribution in [0.5, 0.6) is 0 Å². The molecule has 5 heterocycles. The van der Waals surface area contributed by atoms with Gasteiger partial charge in [0.05, 0.1) is 17.6 Å². The van der Waals surface area contributed by atoms with E-state index >= 15 is 0 Å². The molecule has 2 bridgehead atoms. The fourth-order valence-electron chi connectivity index (χ4n) is 4.78. The summed E-state index contributed by atoms with van der Waals surface area (Å²) in [5.41, 5.74) is 3.60. The van der Waals surface area contributed by atoms with E-state index in [1.54, 1.807) is 11.3 Å². The van der Waals surface area contributed by atoms with Crippen molar-refractivity contribution in [2.75, 3.05) is 18.0 Å². The van der Waals surface area contributed by atoms with Gasteiger partial charge >= 0.3 is 6.09 Å². The third-order valence-corrected chi connectivity index (χ3v) is 7.12. The number of piperazine rings is 1. The first-order chi connectivity index (χ1) is 14.9. The maximum Gasteiger partial charge on any atom is 0.410 e. The standard InChI is InChI=1S/C23H26N4O3S/c1-23(2,3)30-22(28)27-14-10-15(27)12-26(11-14)21-25-18-16(13-4-5-13)6-7-17(19(18)29-21)20-24-8-9-31-20/h6-9,13-15H,4-5,10-12H2,1-3H3. The summed E-state index contributed by atoms with van der Waals surface area (Å²) in [6.07, 6.45) is 5.04. The van der Waals surface area contributed by atoms with Crippen LogP contribution in [0.3, 0.4) is 0 Å². The van der Waals surface area contributed by atoms with E-state index in [1.807, 2.05) is 37.2 Å². The molecule has 2 unspecified atom stereocenters. The van der Waals surface area contributed by atoms with Crippen molar-refractivity contribution in [3.63, 3.8) is 0 Å². The highest BCUT2D eigenvalue weighted by atomic mass is 32.1. The average molecular weight is 439 g/mol. The molecule has 1 saturated carbocycles. The number of oxazole rings is 1. The van der Waals surface area contributed by atoms with Crippen molar-refractivity contribution in [2.24, 2.45) is 0 Å². The molecule has 3 aromatic rings. The van der Waals surface area contributed by atoms with Crippen molar-refractivity contribution in [1.82, 2.24) is 14.9 Å². The quantitative estimate of drug-likeness (QED) is 0.571. The molecule has 8 heteroatoms. The number of ether oxygens (including phenoxy) is 1. The summed E-state index contributed by atoms with van der Waals surface area (Å²) < 4.78 is 12.0. The van der Waals surface area contributed by atoms with E-state index in [9.17, 15) is 4.79 Å². The van der Waals surface area contributed by atoms with Crippen LogP contribution in [0, 0.1) is 0 Å². The Morgan fingerprint density at radius 2 is 2.00 bits per heavy atom. The number of piperidine rings is 1. The minimum absolute atomic E-state index is 0.143. The maximum atomic E-state index is 12.6. The highest BCUT2D eigenvalue weighted by Gasteiger charge is 2.49. The number of fused-ring (bicyclic) bond motifs is 3. The van der Waals surface area contributed by atoms with E-state index in [2.05, 4.69) is 22.0 Å². The summed E-state index contributed by atoms with van der Waals surface area (Å²) in [5.74, 6) is 0.586. The van der Waals surface area contributed by atoms with Crippen molar-refractivity contribution >= 4 is 34.5 Å². The number of benzene rings is 1. The molecule has 1 aromatic carbocycles. The summed E-state index contributed by atoms with van der Waals surface area (Å²) in [7, 11) is 0. The van der Waals surface area contributed by atoms with E-state index in [0.717, 1.165) is 28.1 Å². The van der Waals surface area contributed by atoms with E-state index in [1.165, 1.54) is 18.4 Å². The van der Waals surface area contributed by atoms with Gasteiger partial charge in [-0.3, -0.25) is 4.90 Å². The fraction of sp³-hybridized carbons (Fsp3) is 0.522. The first-order valence-corrected chi connectivity index (χ1v) is 11.8. The predicted molar refractivity (Wildman–Crippen MR) is 120 cm³/mol. The molecule has 7 rings (SSSR count). The molecule has 0 spiro atoms. The summed E-state index contributed by atoms with van der Waals surface area (Å²) in [5, 5.41) is 2.93. The molecule has 0 radical (unpaired) electrons. The van der Waals surface area contributed by atoms with Gasteiger partial charge in [-0.05, 0) is 57.6 Å². The molecule has 4 aliphatic rings. The minimum atomic E-state index is -0.480. The number of hydrogen-bond acceptors (Lipinski definition) is 7. The smallest absolute Gasteiger partial charge is 0.410 e. The molecular weight excluding hydrogens is 412 g/mol. The van der Waals surface area contributed by atoms with Gasteiger partial charge in [-0.25, -0.2) is 9.78 Å². The Hall–Kier alpha value is -2.61. The van der Waals surface area contributed by atoms with Gasteiger partial charge in [-0.2, -0.15) is 4.98 Å². The molecule has 162 valence electrons. The Morgan fingerprint density at radius 1 is 1.23 bits per heavy atom. The maximum absolute atomic E-state index is 12.6. The lowest BCUT2D eigenvalue weighted by Crippen LogP contribution is -2.70. The van der Waals surface area contributed by atoms with Gasteiger partial charge in [0.1, 0.15) is 16.1 Å². The Kier molecular flexibility index (Phi) is 4.12. The Balaban J connectivity index is 1.30. The van der Waals surface area contributed by atoms with E-state index in [4.69, 9.17) is 14.1 Å². The topological polar surface area (TPSA) is 71.7 Å². The molecule has 7 nitrogen and oxygen atoms in total. The van der Waals surface area contributed by atoms with Gasteiger partial charge in [0.15, 0.2) is 5.58 Å². The van der Waals surface area contributed by atoms with E-state index < -0.39 is 5.60 Å². The fourth-order valence-corrected chi connectivity index (χ4v) is 5.44. The second kappa shape index (κ2) is 6.69. The third-order valence-electron chi connectivity index (χ3n) is 6.31. The van der Waals surface area contributed by atoms with Crippen molar-refractivity contribution in [3.8, 4) is 10.6 Å². The Labute approximate surface area is 185 Å². The molecule has 4 fully saturated rings. The molecule has 3 saturated heterocycles. The van der Waals surface area contributed by atoms with Crippen molar-refractivity contribution in [2.45, 2.75) is 63.6 Å². The van der Waals surface area contributed by atoms with Gasteiger partial charge in [-0.15, -0.1) is 11.3 Å². The summed E-state index contributed by atoms with van der Waals surface area (Å²) >= 11 is 1.61. The molecular formula is C23H26N4O3S. The lowest BCUT2D eigenvalue weighted by Gasteiger charge is -2.55. The van der Waals surface area contributed by atoms with Crippen molar-refractivity contribution < 1.29 is 13.9 Å². The summed E-state index contributed by atoms with van der Waals surface area (Å²) in [6.45, 7) is 7.15. The molecule has 1 amide bonds. The van der Waals surface area contributed by atoms with Gasteiger partial charge in [0.2, 0.25) is 0 Å². The second-order valence-corrected chi connectivity index (χ2v) is 10.7. The number of anilines is 1. The Bertz CT molecular complexity index is 1130. The van der Waals surface area contributed by atoms with Crippen LogP contribution in [0.4, 0.5) is 10.8 Å². The first-order valence-electron chi connectivity index (χ1n) is 11.0. The molecule has 2 atom stereocenters. The number of hydrogen-bond donors (Lipinski definition) is 0. The highest BCUT2D eigenvalue weighted by molar-refractivity contribution is 7.13. The third kappa shape index (κ3) is 3.28. The normalized spacial score (nSPS) is 23.2. The first kappa shape index (κ1) is 19.1. The van der Waals surface area contributed by atoms with Crippen LogP contribution in [0.1, 0.15) is 51.5 Å². The van der Waals surface area contributed by atoms with Crippen LogP contribution >= 0.6 is 11.3 Å². The van der Waals surface area contributed by atoms with E-state index in [0.29, 0.717) is 25.0 Å². The van der Waals surface area contributed by atoms with Crippen LogP contribution in [0.2, 0.25) is 0 Å².